The van der Waals surface area contributed by atoms with Crippen LogP contribution in [0.15, 0.2) is 24.5 Å². The Hall–Kier alpha value is -0.800. The number of imidazole rings is 1. The summed E-state index contributed by atoms with van der Waals surface area (Å²) >= 11 is 5.49. The van der Waals surface area contributed by atoms with Crippen LogP contribution in [0.25, 0.3) is 0 Å². The van der Waals surface area contributed by atoms with Crippen LogP contribution in [0.3, 0.4) is 0 Å². The molecule has 0 aliphatic rings. The van der Waals surface area contributed by atoms with Crippen molar-refractivity contribution < 1.29 is 0 Å². The number of nitrogens with zero attached hydrogens (tertiary/aromatic N) is 2. The van der Waals surface area contributed by atoms with Gasteiger partial charge in [-0.3, -0.25) is 0 Å². The number of aromatic nitrogens is 2. The van der Waals surface area contributed by atoms with Crippen molar-refractivity contribution in [3.05, 3.63) is 30.4 Å². The monoisotopic (exact) mass is 213 g/mol. The molecule has 0 atom stereocenters. The van der Waals surface area contributed by atoms with Crippen LogP contribution in [0.2, 0.25) is 0 Å². The van der Waals surface area contributed by atoms with Crippen LogP contribution >= 0.6 is 11.6 Å². The molecular weight excluding hydrogens is 198 g/mol. The molecule has 1 heterocycles. The predicted octanol–water partition coefficient (Wildman–Crippen LogP) is 1.35. The van der Waals surface area contributed by atoms with Crippen LogP contribution in [0.5, 0.6) is 0 Å². The molecule has 0 amide bonds. The van der Waals surface area contributed by atoms with E-state index in [4.69, 9.17) is 11.6 Å². The highest BCUT2D eigenvalue weighted by molar-refractivity contribution is 6.18. The van der Waals surface area contributed by atoms with Crippen LogP contribution in [0.4, 0.5) is 0 Å². The van der Waals surface area contributed by atoms with Gasteiger partial charge in [0.05, 0.1) is 0 Å². The summed E-state index contributed by atoms with van der Waals surface area (Å²) in [6, 6.07) is 0. The van der Waals surface area contributed by atoms with Gasteiger partial charge in [-0.05, 0) is 0 Å². The van der Waals surface area contributed by atoms with E-state index < -0.39 is 0 Å². The summed E-state index contributed by atoms with van der Waals surface area (Å²) in [6.07, 6.45) is 8.71. The zero-order chi connectivity index (χ0) is 10.2. The maximum atomic E-state index is 5.49. The van der Waals surface area contributed by atoms with E-state index in [1.54, 1.807) is 0 Å². The van der Waals surface area contributed by atoms with Crippen molar-refractivity contribution in [3.63, 3.8) is 0 Å². The highest BCUT2D eigenvalue weighted by atomic mass is 35.5. The van der Waals surface area contributed by atoms with E-state index in [-0.39, 0.29) is 0 Å². The molecule has 0 spiro atoms. The maximum absolute atomic E-state index is 5.49. The predicted molar refractivity (Wildman–Crippen MR) is 59.6 cm³/mol. The van der Waals surface area contributed by atoms with Gasteiger partial charge in [0.25, 0.3) is 0 Å². The second-order valence-electron chi connectivity index (χ2n) is 3.03. The minimum absolute atomic E-state index is 0.584. The molecule has 0 unspecified atom stereocenters. The molecule has 0 bridgehead atoms. The van der Waals surface area contributed by atoms with Crippen LogP contribution in [-0.4, -0.2) is 28.5 Å². The molecule has 0 aliphatic carbocycles. The van der Waals surface area contributed by atoms with E-state index in [2.05, 4.69) is 10.3 Å². The summed E-state index contributed by atoms with van der Waals surface area (Å²) < 4.78 is 2.04. The van der Waals surface area contributed by atoms with Gasteiger partial charge < -0.3 is 9.88 Å². The molecule has 0 saturated carbocycles. The molecule has 14 heavy (non-hydrogen) atoms. The molecule has 1 N–H and O–H groups in total. The van der Waals surface area contributed by atoms with Crippen LogP contribution < -0.4 is 5.32 Å². The van der Waals surface area contributed by atoms with Crippen LogP contribution in [0.1, 0.15) is 5.82 Å². The summed E-state index contributed by atoms with van der Waals surface area (Å²) in [4.78, 5) is 4.23. The fraction of sp³-hybridized carbons (Fsp3) is 0.500. The highest BCUT2D eigenvalue weighted by Gasteiger charge is 1.96. The molecule has 1 aromatic heterocycles. The molecule has 0 saturated heterocycles. The Morgan fingerprint density at radius 1 is 1.57 bits per heavy atom. The van der Waals surface area contributed by atoms with Gasteiger partial charge in [0, 0.05) is 44.8 Å². The van der Waals surface area contributed by atoms with E-state index in [9.17, 15) is 0 Å². The lowest BCUT2D eigenvalue weighted by Crippen LogP contribution is -2.18. The van der Waals surface area contributed by atoms with Gasteiger partial charge in [0.15, 0.2) is 0 Å². The summed E-state index contributed by atoms with van der Waals surface area (Å²) in [5.41, 5.74) is 0. The van der Waals surface area contributed by atoms with Gasteiger partial charge >= 0.3 is 0 Å². The van der Waals surface area contributed by atoms with Crippen molar-refractivity contribution in [2.24, 2.45) is 7.05 Å². The number of allylic oxidation sites excluding steroid dienone is 1. The maximum Gasteiger partial charge on any atom is 0.109 e. The van der Waals surface area contributed by atoms with Crippen LogP contribution in [-0.2, 0) is 13.5 Å². The lowest BCUT2D eigenvalue weighted by Gasteiger charge is -2.01. The van der Waals surface area contributed by atoms with E-state index >= 15 is 0 Å². The molecule has 0 aromatic carbocycles. The number of aryl methyl sites for hydroxylation is 1. The van der Waals surface area contributed by atoms with Crippen molar-refractivity contribution in [2.45, 2.75) is 6.42 Å². The molecule has 0 radical (unpaired) electrons. The first-order valence-electron chi connectivity index (χ1n) is 4.72. The summed E-state index contributed by atoms with van der Waals surface area (Å²) in [7, 11) is 2.01. The number of hydrogen-bond donors (Lipinski definition) is 1. The zero-order valence-electron chi connectivity index (χ0n) is 8.41. The number of hydrogen-bond acceptors (Lipinski definition) is 2. The summed E-state index contributed by atoms with van der Waals surface area (Å²) in [6.45, 7) is 1.81. The first-order chi connectivity index (χ1) is 6.84. The largest absolute Gasteiger partial charge is 0.338 e. The minimum atomic E-state index is 0.584. The van der Waals surface area contributed by atoms with Crippen molar-refractivity contribution in [3.8, 4) is 0 Å². The smallest absolute Gasteiger partial charge is 0.109 e. The standard InChI is InChI=1S/C10H16ClN3/c1-14-9-8-13-10(14)4-7-12-6-3-2-5-11/h2-3,8-9,12H,4-7H2,1H3/b3-2+. The highest BCUT2D eigenvalue weighted by Crippen LogP contribution is 1.93. The van der Waals surface area contributed by atoms with Gasteiger partial charge in [-0.15, -0.1) is 11.6 Å². The first-order valence-corrected chi connectivity index (χ1v) is 5.26. The SMILES string of the molecule is Cn1ccnc1CCNC/C=C/CCl. The second kappa shape index (κ2) is 6.62. The lowest BCUT2D eigenvalue weighted by molar-refractivity contribution is 0.693. The van der Waals surface area contributed by atoms with Crippen molar-refractivity contribution in [1.29, 1.82) is 0 Å². The number of nitrogens with one attached hydrogen (secondary N) is 1. The average Bonchev–Trinajstić information content (AvgIpc) is 2.58. The Balaban J connectivity index is 2.10. The Labute approximate surface area is 89.8 Å². The molecule has 4 heteroatoms. The number of alkyl halides is 1. The van der Waals surface area contributed by atoms with E-state index in [1.165, 1.54) is 0 Å². The minimum Gasteiger partial charge on any atom is -0.338 e. The van der Waals surface area contributed by atoms with Crippen molar-refractivity contribution in [2.75, 3.05) is 19.0 Å². The Kier molecular flexibility index (Phi) is 5.33. The normalized spacial score (nSPS) is 11.3. The van der Waals surface area contributed by atoms with Gasteiger partial charge in [-0.25, -0.2) is 4.98 Å². The molecule has 78 valence electrons. The third-order valence-corrected chi connectivity index (χ3v) is 2.14. The lowest BCUT2D eigenvalue weighted by atomic mass is 10.4. The number of rotatable bonds is 6. The Morgan fingerprint density at radius 3 is 3.07 bits per heavy atom. The first kappa shape index (κ1) is 11.3. The molecule has 1 aromatic rings. The van der Waals surface area contributed by atoms with E-state index in [0.717, 1.165) is 25.3 Å². The third-order valence-electron chi connectivity index (χ3n) is 1.96. The van der Waals surface area contributed by atoms with E-state index in [0.29, 0.717) is 5.88 Å². The fourth-order valence-electron chi connectivity index (χ4n) is 1.17. The third kappa shape index (κ3) is 3.94. The molecule has 3 nitrogen and oxygen atoms in total. The summed E-state index contributed by atoms with van der Waals surface area (Å²) in [5.74, 6) is 1.69. The molecule has 0 aliphatic heterocycles. The summed E-state index contributed by atoms with van der Waals surface area (Å²) in [5, 5.41) is 3.29. The van der Waals surface area contributed by atoms with Gasteiger partial charge in [-0.1, -0.05) is 12.2 Å². The Morgan fingerprint density at radius 2 is 2.43 bits per heavy atom. The molecular formula is C10H16ClN3. The van der Waals surface area contributed by atoms with Crippen LogP contribution in [0, 0.1) is 0 Å². The second-order valence-corrected chi connectivity index (χ2v) is 3.34. The Bertz CT molecular complexity index is 281. The average molecular weight is 214 g/mol. The van der Waals surface area contributed by atoms with Crippen molar-refractivity contribution >= 4 is 11.6 Å². The zero-order valence-corrected chi connectivity index (χ0v) is 9.17. The number of halogens is 1. The van der Waals surface area contributed by atoms with Gasteiger partial charge in [0.2, 0.25) is 0 Å². The van der Waals surface area contributed by atoms with Gasteiger partial charge in [0.1, 0.15) is 5.82 Å². The fourth-order valence-corrected chi connectivity index (χ4v) is 1.30. The molecule has 0 fully saturated rings. The van der Waals surface area contributed by atoms with E-state index in [1.807, 2.05) is 36.2 Å². The topological polar surface area (TPSA) is 29.9 Å². The van der Waals surface area contributed by atoms with Gasteiger partial charge in [-0.2, -0.15) is 0 Å². The molecule has 1 rings (SSSR count). The quantitative estimate of drug-likeness (QED) is 0.439. The van der Waals surface area contributed by atoms with Crippen molar-refractivity contribution in [1.82, 2.24) is 14.9 Å².